The lowest BCUT2D eigenvalue weighted by Gasteiger charge is -2.13. The van der Waals surface area contributed by atoms with Crippen molar-refractivity contribution in [3.63, 3.8) is 0 Å². The lowest BCUT2D eigenvalue weighted by molar-refractivity contribution is -0.123. The van der Waals surface area contributed by atoms with Crippen LogP contribution in [0.2, 0.25) is 0 Å². The quantitative estimate of drug-likeness (QED) is 0.364. The van der Waals surface area contributed by atoms with Crippen molar-refractivity contribution < 1.29 is 14.3 Å². The zero-order chi connectivity index (χ0) is 23.2. The van der Waals surface area contributed by atoms with Crippen molar-refractivity contribution in [2.45, 2.75) is 33.8 Å². The van der Waals surface area contributed by atoms with E-state index in [1.807, 2.05) is 75.5 Å². The van der Waals surface area contributed by atoms with Crippen molar-refractivity contribution in [2.75, 3.05) is 13.2 Å². The summed E-state index contributed by atoms with van der Waals surface area (Å²) in [6, 6.07) is 20.3. The van der Waals surface area contributed by atoms with Gasteiger partial charge in [-0.3, -0.25) is 4.79 Å². The summed E-state index contributed by atoms with van der Waals surface area (Å²) in [7, 11) is 0. The Hall–Kier alpha value is -3.73. The fourth-order valence-corrected chi connectivity index (χ4v) is 3.88. The Bertz CT molecular complexity index is 1240. The van der Waals surface area contributed by atoms with E-state index >= 15 is 0 Å². The van der Waals surface area contributed by atoms with Gasteiger partial charge in [0.15, 0.2) is 6.61 Å². The van der Waals surface area contributed by atoms with Gasteiger partial charge in [-0.1, -0.05) is 42.5 Å². The van der Waals surface area contributed by atoms with Gasteiger partial charge < -0.3 is 19.8 Å². The summed E-state index contributed by atoms with van der Waals surface area (Å²) < 4.78 is 11.7. The molecular weight excluding hydrogens is 412 g/mol. The standard InChI is InChI=1S/C28H30N2O3/c1-19-9-10-20(2)28(21(19)3)33-18-27(31)29-14-13-23-16-30-26-15-24(11-12-25(23)26)32-17-22-7-5-4-6-8-22/h4-12,15-16,30H,13-14,17-18H2,1-3H3,(H,29,31). The number of carbonyl (C=O) groups excluding carboxylic acids is 1. The molecule has 170 valence electrons. The maximum atomic E-state index is 12.3. The number of rotatable bonds is 9. The lowest BCUT2D eigenvalue weighted by Crippen LogP contribution is -2.30. The van der Waals surface area contributed by atoms with Crippen molar-refractivity contribution in [1.29, 1.82) is 0 Å². The van der Waals surface area contributed by atoms with Crippen LogP contribution in [-0.2, 0) is 17.8 Å². The van der Waals surface area contributed by atoms with E-state index in [-0.39, 0.29) is 12.5 Å². The summed E-state index contributed by atoms with van der Waals surface area (Å²) in [5.74, 6) is 1.51. The van der Waals surface area contributed by atoms with Crippen LogP contribution in [0.3, 0.4) is 0 Å². The summed E-state index contributed by atoms with van der Waals surface area (Å²) in [6.07, 6.45) is 2.73. The van der Waals surface area contributed by atoms with Crippen molar-refractivity contribution in [1.82, 2.24) is 10.3 Å². The number of nitrogens with one attached hydrogen (secondary N) is 2. The number of H-pyrrole nitrogens is 1. The Kier molecular flexibility index (Phi) is 6.98. The molecule has 0 aliphatic rings. The van der Waals surface area contributed by atoms with Crippen LogP contribution in [0.25, 0.3) is 10.9 Å². The fraction of sp³-hybridized carbons (Fsp3) is 0.250. The third-order valence-corrected chi connectivity index (χ3v) is 5.92. The van der Waals surface area contributed by atoms with Crippen LogP contribution in [0.5, 0.6) is 11.5 Å². The molecule has 0 saturated heterocycles. The van der Waals surface area contributed by atoms with E-state index in [0.29, 0.717) is 13.2 Å². The highest BCUT2D eigenvalue weighted by Gasteiger charge is 2.10. The second-order valence-electron chi connectivity index (χ2n) is 8.34. The zero-order valence-corrected chi connectivity index (χ0v) is 19.4. The van der Waals surface area contributed by atoms with Crippen LogP contribution in [0, 0.1) is 20.8 Å². The number of benzene rings is 3. The van der Waals surface area contributed by atoms with Crippen molar-refractivity contribution >= 4 is 16.8 Å². The third-order valence-electron chi connectivity index (χ3n) is 5.92. The Balaban J connectivity index is 1.28. The molecule has 4 rings (SSSR count). The Labute approximate surface area is 194 Å². The van der Waals surface area contributed by atoms with Crippen LogP contribution < -0.4 is 14.8 Å². The zero-order valence-electron chi connectivity index (χ0n) is 19.4. The molecule has 0 unspecified atom stereocenters. The Morgan fingerprint density at radius 2 is 1.73 bits per heavy atom. The Morgan fingerprint density at radius 1 is 0.939 bits per heavy atom. The molecule has 0 aliphatic heterocycles. The number of amides is 1. The summed E-state index contributed by atoms with van der Waals surface area (Å²) >= 11 is 0. The summed E-state index contributed by atoms with van der Waals surface area (Å²) in [4.78, 5) is 15.6. The van der Waals surface area contributed by atoms with E-state index in [1.165, 1.54) is 0 Å². The number of aryl methyl sites for hydroxylation is 2. The van der Waals surface area contributed by atoms with Crippen LogP contribution in [0.15, 0.2) is 66.9 Å². The van der Waals surface area contributed by atoms with Crippen molar-refractivity contribution in [3.05, 3.63) is 94.7 Å². The molecule has 33 heavy (non-hydrogen) atoms. The SMILES string of the molecule is Cc1ccc(C)c(OCC(=O)NCCc2c[nH]c3cc(OCc4ccccc4)ccc23)c1C. The molecule has 2 N–H and O–H groups in total. The van der Waals surface area contributed by atoms with Gasteiger partial charge in [0.05, 0.1) is 0 Å². The van der Waals surface area contributed by atoms with Crippen molar-refractivity contribution in [2.24, 2.45) is 0 Å². The van der Waals surface area contributed by atoms with E-state index in [9.17, 15) is 4.79 Å². The molecule has 1 heterocycles. The number of hydrogen-bond donors (Lipinski definition) is 2. The molecule has 0 bridgehead atoms. The minimum absolute atomic E-state index is 0.0150. The molecule has 3 aromatic carbocycles. The molecular formula is C28H30N2O3. The largest absolute Gasteiger partial charge is 0.489 e. The van der Waals surface area contributed by atoms with Crippen LogP contribution in [-0.4, -0.2) is 24.0 Å². The maximum absolute atomic E-state index is 12.3. The number of ether oxygens (including phenoxy) is 2. The van der Waals surface area contributed by atoms with Gasteiger partial charge in [0, 0.05) is 29.7 Å². The predicted octanol–water partition coefficient (Wildman–Crippen LogP) is 5.41. The second-order valence-corrected chi connectivity index (χ2v) is 8.34. The fourth-order valence-electron chi connectivity index (χ4n) is 3.88. The number of aromatic amines is 1. The molecule has 0 radical (unpaired) electrons. The first kappa shape index (κ1) is 22.5. The lowest BCUT2D eigenvalue weighted by atomic mass is 10.1. The van der Waals surface area contributed by atoms with Gasteiger partial charge in [0.25, 0.3) is 5.91 Å². The van der Waals surface area contributed by atoms with Crippen LogP contribution in [0.1, 0.15) is 27.8 Å². The highest BCUT2D eigenvalue weighted by molar-refractivity contribution is 5.84. The summed E-state index contributed by atoms with van der Waals surface area (Å²) in [5.41, 5.74) is 6.59. The van der Waals surface area contributed by atoms with Crippen molar-refractivity contribution in [3.8, 4) is 11.5 Å². The molecule has 1 aromatic heterocycles. The first-order chi connectivity index (χ1) is 16.0. The topological polar surface area (TPSA) is 63.3 Å². The van der Waals surface area contributed by atoms with Crippen LogP contribution in [0.4, 0.5) is 0 Å². The molecule has 0 saturated carbocycles. The van der Waals surface area contributed by atoms with E-state index in [2.05, 4.69) is 22.4 Å². The molecule has 0 spiro atoms. The number of hydrogen-bond acceptors (Lipinski definition) is 3. The number of aromatic nitrogens is 1. The van der Waals surface area contributed by atoms with E-state index < -0.39 is 0 Å². The molecule has 4 aromatic rings. The minimum atomic E-state index is -0.119. The molecule has 0 atom stereocenters. The molecule has 0 aliphatic carbocycles. The van der Waals surface area contributed by atoms with Gasteiger partial charge in [0.1, 0.15) is 18.1 Å². The van der Waals surface area contributed by atoms with Gasteiger partial charge in [-0.15, -0.1) is 0 Å². The van der Waals surface area contributed by atoms with Crippen LogP contribution >= 0.6 is 0 Å². The number of fused-ring (bicyclic) bond motifs is 1. The predicted molar refractivity (Wildman–Crippen MR) is 132 cm³/mol. The third kappa shape index (κ3) is 5.55. The first-order valence-electron chi connectivity index (χ1n) is 11.2. The molecule has 0 fully saturated rings. The molecule has 5 heteroatoms. The smallest absolute Gasteiger partial charge is 0.257 e. The maximum Gasteiger partial charge on any atom is 0.257 e. The average Bonchev–Trinajstić information content (AvgIpc) is 3.23. The highest BCUT2D eigenvalue weighted by Crippen LogP contribution is 2.26. The summed E-state index contributed by atoms with van der Waals surface area (Å²) in [6.45, 7) is 7.16. The highest BCUT2D eigenvalue weighted by atomic mass is 16.5. The molecule has 5 nitrogen and oxygen atoms in total. The van der Waals surface area contributed by atoms with Gasteiger partial charge in [-0.05, 0) is 67.1 Å². The number of carbonyl (C=O) groups is 1. The van der Waals surface area contributed by atoms with E-state index in [0.717, 1.165) is 56.6 Å². The van der Waals surface area contributed by atoms with E-state index in [4.69, 9.17) is 9.47 Å². The Morgan fingerprint density at radius 3 is 2.55 bits per heavy atom. The normalized spacial score (nSPS) is 10.9. The van der Waals surface area contributed by atoms with Gasteiger partial charge in [-0.25, -0.2) is 0 Å². The average molecular weight is 443 g/mol. The monoisotopic (exact) mass is 442 g/mol. The molecule has 1 amide bonds. The first-order valence-corrected chi connectivity index (χ1v) is 11.2. The second kappa shape index (κ2) is 10.3. The van der Waals surface area contributed by atoms with Gasteiger partial charge >= 0.3 is 0 Å². The van der Waals surface area contributed by atoms with E-state index in [1.54, 1.807) is 0 Å². The van der Waals surface area contributed by atoms with Gasteiger partial charge in [-0.2, -0.15) is 0 Å². The summed E-state index contributed by atoms with van der Waals surface area (Å²) in [5, 5.41) is 4.09. The minimum Gasteiger partial charge on any atom is -0.489 e. The van der Waals surface area contributed by atoms with Gasteiger partial charge in [0.2, 0.25) is 0 Å².